The lowest BCUT2D eigenvalue weighted by atomic mass is 9.83. The van der Waals surface area contributed by atoms with E-state index in [2.05, 4.69) is 37.7 Å². The fourth-order valence-corrected chi connectivity index (χ4v) is 3.90. The van der Waals surface area contributed by atoms with E-state index in [4.69, 9.17) is 5.11 Å². The molecule has 1 atom stereocenters. The van der Waals surface area contributed by atoms with Crippen LogP contribution in [0.4, 0.5) is 0 Å². The van der Waals surface area contributed by atoms with Crippen LogP contribution in [-0.2, 0) is 34.9 Å². The number of hydrogen-bond donors (Lipinski definition) is 2. The van der Waals surface area contributed by atoms with Gasteiger partial charge in [0.25, 0.3) is 0 Å². The number of carboxylic acids is 1. The van der Waals surface area contributed by atoms with Gasteiger partial charge < -0.3 is 15.2 Å². The van der Waals surface area contributed by atoms with Crippen LogP contribution < -0.4 is 5.32 Å². The molecule has 1 aliphatic heterocycles. The highest BCUT2D eigenvalue weighted by molar-refractivity contribution is 7.71. The molecule has 9 nitrogen and oxygen atoms in total. The van der Waals surface area contributed by atoms with Crippen molar-refractivity contribution in [2.24, 2.45) is 5.92 Å². The number of rotatable bonds is 9. The first-order valence-electron chi connectivity index (χ1n) is 9.75. The van der Waals surface area contributed by atoms with Crippen LogP contribution in [0.5, 0.6) is 0 Å². The highest BCUT2D eigenvalue weighted by Gasteiger charge is 2.31. The zero-order chi connectivity index (χ0) is 23.4. The first-order valence-corrected chi connectivity index (χ1v) is 12.0. The first kappa shape index (κ1) is 28.3. The Morgan fingerprint density at radius 1 is 1.03 bits per heavy atom. The molecule has 30 heavy (non-hydrogen) atoms. The van der Waals surface area contributed by atoms with E-state index in [1.165, 1.54) is 19.3 Å². The average Bonchev–Trinajstić information content (AvgIpc) is 2.55. The lowest BCUT2D eigenvalue weighted by molar-refractivity contribution is -0.147. The largest absolute Gasteiger partial charge is 0.481 e. The summed E-state index contributed by atoms with van der Waals surface area (Å²) in [6.07, 6.45) is 4.06. The van der Waals surface area contributed by atoms with E-state index < -0.39 is 45.0 Å². The van der Waals surface area contributed by atoms with Gasteiger partial charge in [-0.05, 0) is 66.2 Å². The van der Waals surface area contributed by atoms with Crippen molar-refractivity contribution in [2.75, 3.05) is 6.61 Å². The van der Waals surface area contributed by atoms with Crippen LogP contribution in [-0.4, -0.2) is 62.3 Å². The van der Waals surface area contributed by atoms with Gasteiger partial charge in [-0.1, -0.05) is 0 Å². The van der Waals surface area contributed by atoms with Crippen molar-refractivity contribution >= 4 is 43.3 Å². The maximum absolute atomic E-state index is 11.6. The quantitative estimate of drug-likeness (QED) is 0.380. The molecule has 1 heterocycles. The molecule has 11 heteroatoms. The van der Waals surface area contributed by atoms with Gasteiger partial charge in [-0.15, -0.1) is 0 Å². The molecule has 1 rings (SSSR count). The molecule has 0 aromatic heterocycles. The van der Waals surface area contributed by atoms with Gasteiger partial charge >= 0.3 is 11.9 Å². The molecular formula is C19H33NO8S2. The van der Waals surface area contributed by atoms with Crippen molar-refractivity contribution in [3.63, 3.8) is 0 Å². The standard InChI is InChI=1S/C10H14O8S2.C9H19N/c11-9(12)3-1-2-8(4-6-19(14)15)10(13)18-5-7-20(16)17;1-8(2)6-5-7-9(3,4)10-8/h6-8H,1-5H2,(H,11,12);10H,5-7H2,1-4H3. The predicted molar refractivity (Wildman–Crippen MR) is 116 cm³/mol. The highest BCUT2D eigenvalue weighted by Crippen LogP contribution is 2.27. The molecule has 0 aromatic rings. The van der Waals surface area contributed by atoms with E-state index in [1.807, 2.05) is 0 Å². The molecule has 0 aliphatic carbocycles. The average molecular weight is 468 g/mol. The van der Waals surface area contributed by atoms with Gasteiger partial charge in [0.15, 0.2) is 0 Å². The van der Waals surface area contributed by atoms with Crippen LogP contribution in [0.1, 0.15) is 72.6 Å². The third kappa shape index (κ3) is 15.2. The Hall–Kier alpha value is -1.72. The molecule has 0 amide bonds. The molecular weight excluding hydrogens is 434 g/mol. The number of ether oxygens (including phenoxy) is 1. The Balaban J connectivity index is 0.000000696. The van der Waals surface area contributed by atoms with Crippen molar-refractivity contribution in [2.45, 2.75) is 83.7 Å². The van der Waals surface area contributed by atoms with Crippen LogP contribution in [0, 0.1) is 5.92 Å². The smallest absolute Gasteiger partial charge is 0.309 e. The van der Waals surface area contributed by atoms with Crippen LogP contribution in [0.25, 0.3) is 0 Å². The topological polar surface area (TPSA) is 144 Å². The van der Waals surface area contributed by atoms with Crippen molar-refractivity contribution in [1.29, 1.82) is 0 Å². The van der Waals surface area contributed by atoms with E-state index >= 15 is 0 Å². The van der Waals surface area contributed by atoms with Crippen LogP contribution in [0.2, 0.25) is 0 Å². The van der Waals surface area contributed by atoms with Crippen molar-refractivity contribution in [3.05, 3.63) is 0 Å². The van der Waals surface area contributed by atoms with Gasteiger partial charge in [0.2, 0.25) is 20.6 Å². The third-order valence-electron chi connectivity index (χ3n) is 4.50. The van der Waals surface area contributed by atoms with Crippen molar-refractivity contribution in [3.8, 4) is 0 Å². The second-order valence-corrected chi connectivity index (χ2v) is 10.2. The SMILES string of the molecule is CC1(C)CCCC(C)(C)N1.O=C(O)CCCC(CC=S(=O)=O)C(=O)OCC=S(=O)=O. The first-order chi connectivity index (χ1) is 13.7. The van der Waals surface area contributed by atoms with E-state index in [9.17, 15) is 26.4 Å². The molecule has 1 fully saturated rings. The summed E-state index contributed by atoms with van der Waals surface area (Å²) in [4.78, 5) is 22.0. The molecule has 0 radical (unpaired) electrons. The second kappa shape index (κ2) is 13.6. The van der Waals surface area contributed by atoms with E-state index in [1.54, 1.807) is 0 Å². The van der Waals surface area contributed by atoms with Crippen LogP contribution in [0.3, 0.4) is 0 Å². The van der Waals surface area contributed by atoms with E-state index in [0.29, 0.717) is 11.1 Å². The summed E-state index contributed by atoms with van der Waals surface area (Å²) in [5.41, 5.74) is 0.726. The normalized spacial score (nSPS) is 17.5. The molecule has 0 spiro atoms. The van der Waals surface area contributed by atoms with Gasteiger partial charge in [-0.3, -0.25) is 9.59 Å². The summed E-state index contributed by atoms with van der Waals surface area (Å²) in [7, 11) is -4.89. The van der Waals surface area contributed by atoms with Crippen molar-refractivity contribution < 1.29 is 36.3 Å². The summed E-state index contributed by atoms with van der Waals surface area (Å²) in [6, 6.07) is 0. The number of nitrogens with one attached hydrogen (secondary N) is 1. The predicted octanol–water partition coefficient (Wildman–Crippen LogP) is 1.47. The maximum Gasteiger partial charge on any atom is 0.309 e. The highest BCUT2D eigenvalue weighted by atomic mass is 32.2. The second-order valence-electron chi connectivity index (χ2n) is 8.45. The fraction of sp³-hybridized carbons (Fsp3) is 0.789. The number of esters is 1. The minimum atomic E-state index is -2.45. The van der Waals surface area contributed by atoms with E-state index in [-0.39, 0.29) is 25.7 Å². The summed E-state index contributed by atoms with van der Waals surface area (Å²) < 4.78 is 45.9. The molecule has 174 valence electrons. The number of hydrogen-bond acceptors (Lipinski definition) is 8. The maximum atomic E-state index is 11.6. The summed E-state index contributed by atoms with van der Waals surface area (Å²) >= 11 is 0. The summed E-state index contributed by atoms with van der Waals surface area (Å²) in [5, 5.41) is 13.7. The van der Waals surface area contributed by atoms with Crippen LogP contribution in [0.15, 0.2) is 0 Å². The molecule has 1 saturated heterocycles. The zero-order valence-corrected chi connectivity index (χ0v) is 19.6. The number of piperidine rings is 1. The molecule has 1 aliphatic rings. The van der Waals surface area contributed by atoms with Gasteiger partial charge in [0.05, 0.1) is 11.3 Å². The van der Waals surface area contributed by atoms with Gasteiger partial charge in [-0.25, -0.2) is 0 Å². The Morgan fingerprint density at radius 2 is 1.57 bits per heavy atom. The minimum Gasteiger partial charge on any atom is -0.481 e. The summed E-state index contributed by atoms with van der Waals surface area (Å²) in [6.45, 7) is 8.70. The monoisotopic (exact) mass is 467 g/mol. The number of carbonyl (C=O) groups excluding carboxylic acids is 1. The Bertz CT molecular complexity index is 812. The van der Waals surface area contributed by atoms with Crippen molar-refractivity contribution in [1.82, 2.24) is 5.32 Å². The molecule has 0 aromatic carbocycles. The molecule has 1 unspecified atom stereocenters. The molecule has 0 bridgehead atoms. The van der Waals surface area contributed by atoms with Gasteiger partial charge in [-0.2, -0.15) is 16.8 Å². The lowest BCUT2D eigenvalue weighted by Gasteiger charge is -2.42. The number of aliphatic carboxylic acids is 1. The molecule has 2 N–H and O–H groups in total. The molecule has 0 saturated carbocycles. The summed E-state index contributed by atoms with van der Waals surface area (Å²) in [5.74, 6) is -2.61. The number of carboxylic acid groups (broad SMARTS) is 1. The fourth-order valence-electron chi connectivity index (χ4n) is 3.33. The third-order valence-corrected chi connectivity index (χ3v) is 5.38. The number of carbonyl (C=O) groups is 2. The van der Waals surface area contributed by atoms with Gasteiger partial charge in [0.1, 0.15) is 6.61 Å². The zero-order valence-electron chi connectivity index (χ0n) is 18.0. The Kier molecular flexibility index (Phi) is 12.8. The van der Waals surface area contributed by atoms with Crippen LogP contribution >= 0.6 is 0 Å². The Labute approximate surface area is 181 Å². The minimum absolute atomic E-state index is 0.116. The lowest BCUT2D eigenvalue weighted by Crippen LogP contribution is -2.55. The Morgan fingerprint density at radius 3 is 1.97 bits per heavy atom. The van der Waals surface area contributed by atoms with E-state index in [0.717, 1.165) is 10.7 Å². The van der Waals surface area contributed by atoms with Gasteiger partial charge in [0, 0.05) is 22.9 Å².